The van der Waals surface area contributed by atoms with E-state index in [1.54, 1.807) is 0 Å². The summed E-state index contributed by atoms with van der Waals surface area (Å²) in [5.41, 5.74) is 4.67. The molecule has 0 radical (unpaired) electrons. The highest BCUT2D eigenvalue weighted by molar-refractivity contribution is 5.80. The number of hydrogen-bond donors (Lipinski definition) is 2. The normalized spacial score (nSPS) is 21.8. The molecule has 3 nitrogen and oxygen atoms in total. The second kappa shape index (κ2) is 6.81. The van der Waals surface area contributed by atoms with Crippen molar-refractivity contribution in [3.8, 4) is 0 Å². The summed E-state index contributed by atoms with van der Waals surface area (Å²) in [5, 5.41) is 0. The van der Waals surface area contributed by atoms with Crippen LogP contribution in [0.5, 0.6) is 0 Å². The van der Waals surface area contributed by atoms with Gasteiger partial charge in [0, 0.05) is 5.92 Å². The minimum absolute atomic E-state index is 0.144. The van der Waals surface area contributed by atoms with Gasteiger partial charge in [-0.1, -0.05) is 20.8 Å². The first-order chi connectivity index (χ1) is 10.7. The van der Waals surface area contributed by atoms with Gasteiger partial charge < -0.3 is 0 Å². The van der Waals surface area contributed by atoms with Crippen LogP contribution in [-0.4, -0.2) is 5.91 Å². The fraction of sp³-hybridized carbons (Fsp3) is 0.588. The third-order valence-corrected chi connectivity index (χ3v) is 4.68. The fourth-order valence-electron chi connectivity index (χ4n) is 3.08. The van der Waals surface area contributed by atoms with Crippen LogP contribution in [0.2, 0.25) is 0 Å². The van der Waals surface area contributed by atoms with Crippen molar-refractivity contribution in [2.24, 2.45) is 17.3 Å². The maximum atomic E-state index is 13.5. The first kappa shape index (κ1) is 17.6. The summed E-state index contributed by atoms with van der Waals surface area (Å²) < 4.78 is 39.5. The quantitative estimate of drug-likeness (QED) is 0.638. The molecule has 1 aliphatic carbocycles. The van der Waals surface area contributed by atoms with Gasteiger partial charge in [0.25, 0.3) is 0 Å². The van der Waals surface area contributed by atoms with Crippen LogP contribution >= 0.6 is 0 Å². The van der Waals surface area contributed by atoms with Crippen LogP contribution in [0.25, 0.3) is 0 Å². The number of rotatable bonds is 3. The number of benzene rings is 1. The van der Waals surface area contributed by atoms with Gasteiger partial charge in [0.05, 0.1) is 5.69 Å². The van der Waals surface area contributed by atoms with Crippen molar-refractivity contribution >= 4 is 11.6 Å². The number of hydrogen-bond acceptors (Lipinski definition) is 2. The van der Waals surface area contributed by atoms with Gasteiger partial charge in [-0.05, 0) is 49.1 Å². The smallest absolute Gasteiger partial charge is 0.241 e. The molecule has 1 fully saturated rings. The zero-order valence-corrected chi connectivity index (χ0v) is 13.7. The van der Waals surface area contributed by atoms with Gasteiger partial charge in [-0.2, -0.15) is 0 Å². The lowest BCUT2D eigenvalue weighted by Crippen LogP contribution is -2.38. The molecule has 1 aliphatic rings. The molecule has 0 aliphatic heterocycles. The van der Waals surface area contributed by atoms with Crippen LogP contribution in [0, 0.1) is 34.7 Å². The average Bonchev–Trinajstić information content (AvgIpc) is 2.51. The lowest BCUT2D eigenvalue weighted by Gasteiger charge is -2.36. The van der Waals surface area contributed by atoms with Gasteiger partial charge in [-0.25, -0.2) is 13.2 Å². The van der Waals surface area contributed by atoms with Gasteiger partial charge in [0.2, 0.25) is 5.91 Å². The molecule has 6 heteroatoms. The van der Waals surface area contributed by atoms with Crippen molar-refractivity contribution in [3.05, 3.63) is 29.6 Å². The summed E-state index contributed by atoms with van der Waals surface area (Å²) in [4.78, 5) is 12.1. The molecule has 1 aromatic rings. The molecule has 0 unspecified atom stereocenters. The lowest BCUT2D eigenvalue weighted by atomic mass is 9.70. The molecule has 0 atom stereocenters. The average molecular weight is 328 g/mol. The standard InChI is InChI=1S/C17H23F3N2O/c1-17(2,3)11-6-4-10(5-7-11)16(23)22-21-13-9-8-12(18)14(19)15(13)20/h8-11,21H,4-7H2,1-3H3,(H,22,23). The van der Waals surface area contributed by atoms with Crippen LogP contribution < -0.4 is 10.9 Å². The third kappa shape index (κ3) is 4.18. The molecule has 0 heterocycles. The summed E-state index contributed by atoms with van der Waals surface area (Å²) >= 11 is 0. The summed E-state index contributed by atoms with van der Waals surface area (Å²) in [7, 11) is 0. The molecule has 1 aromatic carbocycles. The summed E-state index contributed by atoms with van der Waals surface area (Å²) in [6, 6.07) is 1.85. The predicted molar refractivity (Wildman–Crippen MR) is 83.0 cm³/mol. The van der Waals surface area contributed by atoms with Gasteiger partial charge in [-0.3, -0.25) is 15.6 Å². The second-order valence-corrected chi connectivity index (χ2v) is 7.25. The first-order valence-corrected chi connectivity index (χ1v) is 7.89. The predicted octanol–water partition coefficient (Wildman–Crippen LogP) is 4.40. The highest BCUT2D eigenvalue weighted by Gasteiger charge is 2.32. The van der Waals surface area contributed by atoms with Crippen molar-refractivity contribution in [1.82, 2.24) is 5.43 Å². The minimum Gasteiger partial charge on any atom is -0.296 e. The van der Waals surface area contributed by atoms with Crippen molar-refractivity contribution in [3.63, 3.8) is 0 Å². The van der Waals surface area contributed by atoms with Crippen molar-refractivity contribution in [2.45, 2.75) is 46.5 Å². The Morgan fingerprint density at radius 2 is 1.65 bits per heavy atom. The molecule has 1 saturated carbocycles. The number of amides is 1. The number of hydrazine groups is 1. The Morgan fingerprint density at radius 1 is 1.04 bits per heavy atom. The molecule has 128 valence electrons. The van der Waals surface area contributed by atoms with Crippen LogP contribution in [0.4, 0.5) is 18.9 Å². The molecule has 2 rings (SSSR count). The van der Waals surface area contributed by atoms with Gasteiger partial charge in [0.15, 0.2) is 17.5 Å². The number of nitrogens with one attached hydrogen (secondary N) is 2. The minimum atomic E-state index is -1.56. The Hall–Kier alpha value is -1.72. The third-order valence-electron chi connectivity index (χ3n) is 4.68. The summed E-state index contributed by atoms with van der Waals surface area (Å²) in [5.74, 6) is -3.98. The zero-order chi connectivity index (χ0) is 17.2. The van der Waals surface area contributed by atoms with E-state index in [0.29, 0.717) is 5.92 Å². The Bertz CT molecular complexity index is 576. The van der Waals surface area contributed by atoms with E-state index in [1.165, 1.54) is 0 Å². The van der Waals surface area contributed by atoms with E-state index >= 15 is 0 Å². The molecular weight excluding hydrogens is 305 g/mol. The maximum Gasteiger partial charge on any atom is 0.241 e. The summed E-state index contributed by atoms with van der Waals surface area (Å²) in [6.07, 6.45) is 3.49. The SMILES string of the molecule is CC(C)(C)C1CCC(C(=O)NNc2ccc(F)c(F)c2F)CC1. The van der Waals surface area contributed by atoms with Gasteiger partial charge in [-0.15, -0.1) is 0 Å². The van der Waals surface area contributed by atoms with Crippen molar-refractivity contribution in [2.75, 3.05) is 5.43 Å². The summed E-state index contributed by atoms with van der Waals surface area (Å²) in [6.45, 7) is 6.60. The Morgan fingerprint density at radius 3 is 2.22 bits per heavy atom. The highest BCUT2D eigenvalue weighted by Crippen LogP contribution is 2.39. The monoisotopic (exact) mass is 328 g/mol. The van der Waals surface area contributed by atoms with Crippen LogP contribution in [0.1, 0.15) is 46.5 Å². The van der Waals surface area contributed by atoms with Crippen LogP contribution in [0.15, 0.2) is 12.1 Å². The number of carbonyl (C=O) groups excluding carboxylic acids is 1. The van der Waals surface area contributed by atoms with Gasteiger partial charge >= 0.3 is 0 Å². The Labute approximate surface area is 134 Å². The van der Waals surface area contributed by atoms with Gasteiger partial charge in [0.1, 0.15) is 0 Å². The van der Waals surface area contributed by atoms with E-state index < -0.39 is 17.5 Å². The number of halogens is 3. The maximum absolute atomic E-state index is 13.5. The largest absolute Gasteiger partial charge is 0.296 e. The molecule has 1 amide bonds. The zero-order valence-electron chi connectivity index (χ0n) is 13.7. The molecule has 0 bridgehead atoms. The second-order valence-electron chi connectivity index (χ2n) is 7.25. The van der Waals surface area contributed by atoms with E-state index in [4.69, 9.17) is 0 Å². The molecular formula is C17H23F3N2O. The fourth-order valence-corrected chi connectivity index (χ4v) is 3.08. The van der Waals surface area contributed by atoms with E-state index in [9.17, 15) is 18.0 Å². The number of anilines is 1. The van der Waals surface area contributed by atoms with Crippen molar-refractivity contribution < 1.29 is 18.0 Å². The molecule has 2 N–H and O–H groups in total. The van der Waals surface area contributed by atoms with E-state index in [2.05, 4.69) is 31.6 Å². The van der Waals surface area contributed by atoms with E-state index in [1.807, 2.05) is 0 Å². The Kier molecular flexibility index (Phi) is 5.22. The Balaban J connectivity index is 1.88. The van der Waals surface area contributed by atoms with E-state index in [-0.39, 0.29) is 22.9 Å². The molecule has 0 saturated heterocycles. The van der Waals surface area contributed by atoms with Crippen LogP contribution in [0.3, 0.4) is 0 Å². The van der Waals surface area contributed by atoms with Crippen LogP contribution in [-0.2, 0) is 4.79 Å². The first-order valence-electron chi connectivity index (χ1n) is 7.89. The molecule has 0 aromatic heterocycles. The van der Waals surface area contributed by atoms with E-state index in [0.717, 1.165) is 37.8 Å². The molecule has 0 spiro atoms. The lowest BCUT2D eigenvalue weighted by molar-refractivity contribution is -0.126. The number of carbonyl (C=O) groups is 1. The van der Waals surface area contributed by atoms with Crippen molar-refractivity contribution in [1.29, 1.82) is 0 Å². The highest BCUT2D eigenvalue weighted by atomic mass is 19.2. The molecule has 23 heavy (non-hydrogen) atoms. The topological polar surface area (TPSA) is 41.1 Å².